The second kappa shape index (κ2) is 17.7. The molecule has 2 aromatic carbocycles. The number of hydrogen-bond acceptors (Lipinski definition) is 8. The van der Waals surface area contributed by atoms with Crippen molar-refractivity contribution in [3.8, 4) is 0 Å². The highest BCUT2D eigenvalue weighted by molar-refractivity contribution is 5.86. The van der Waals surface area contributed by atoms with E-state index < -0.39 is 29.7 Å². The maximum absolute atomic E-state index is 13.4. The average Bonchev–Trinajstić information content (AvgIpc) is 3.52. The van der Waals surface area contributed by atoms with Gasteiger partial charge in [-0.05, 0) is 142 Å². The van der Waals surface area contributed by atoms with E-state index in [1.54, 1.807) is 20.8 Å². The highest BCUT2D eigenvalue weighted by atomic mass is 16.6. The third-order valence-corrected chi connectivity index (χ3v) is 14.3. The normalized spacial score (nSPS) is 30.7. The maximum Gasteiger partial charge on any atom is 0.408 e. The Kier molecular flexibility index (Phi) is 13.2. The monoisotopic (exact) mass is 771 g/mol. The molecule has 56 heavy (non-hydrogen) atoms. The Morgan fingerprint density at radius 3 is 2.05 bits per heavy atom. The lowest BCUT2D eigenvalue weighted by molar-refractivity contribution is -0.165. The number of amides is 1. The van der Waals surface area contributed by atoms with Gasteiger partial charge in [0.1, 0.15) is 31.0 Å². The molecular weight excluding hydrogens is 707 g/mol. The molecule has 1 N–H and O–H groups in total. The predicted molar refractivity (Wildman–Crippen MR) is 214 cm³/mol. The van der Waals surface area contributed by atoms with Gasteiger partial charge in [-0.2, -0.15) is 0 Å². The van der Waals surface area contributed by atoms with Crippen molar-refractivity contribution >= 4 is 24.0 Å². The fraction of sp³-hybridized carbons (Fsp3) is 0.660. The molecule has 0 bridgehead atoms. The van der Waals surface area contributed by atoms with E-state index in [0.29, 0.717) is 54.0 Å². The van der Waals surface area contributed by atoms with Crippen LogP contribution in [0.2, 0.25) is 0 Å². The molecule has 0 spiro atoms. The number of ether oxygens (including phenoxy) is 4. The Hall–Kier alpha value is -3.88. The van der Waals surface area contributed by atoms with Gasteiger partial charge in [-0.15, -0.1) is 0 Å². The predicted octanol–water partition coefficient (Wildman–Crippen LogP) is 9.74. The number of alkyl carbamates (subject to hydrolysis) is 1. The Labute approximate surface area is 334 Å². The van der Waals surface area contributed by atoms with E-state index in [9.17, 15) is 19.2 Å². The van der Waals surface area contributed by atoms with E-state index in [-0.39, 0.29) is 30.5 Å². The summed E-state index contributed by atoms with van der Waals surface area (Å²) in [5.41, 5.74) is 1.56. The van der Waals surface area contributed by atoms with Crippen LogP contribution in [0.15, 0.2) is 60.7 Å². The molecule has 0 aromatic heterocycles. The first-order chi connectivity index (χ1) is 26.6. The van der Waals surface area contributed by atoms with Crippen LogP contribution < -0.4 is 5.32 Å². The molecule has 9 heteroatoms. The molecule has 0 heterocycles. The maximum atomic E-state index is 13.4. The molecule has 4 fully saturated rings. The van der Waals surface area contributed by atoms with Crippen molar-refractivity contribution in [2.24, 2.45) is 46.3 Å². The third-order valence-electron chi connectivity index (χ3n) is 14.3. The van der Waals surface area contributed by atoms with Crippen molar-refractivity contribution in [1.82, 2.24) is 5.32 Å². The SMILES string of the molecule is C[C@H](CCC(=O)OCc1ccccc1)[C@H]1CC[C@H]2[C@@H]3CC[C@@H]4C[C@@H](OC(=O)C[C@H](NC(=O)OC(C)(C)C)C(=O)OCc5ccccc5)CC[C@]4(C)[C@H]3CC[C@]12C. The first-order valence-electron chi connectivity index (χ1n) is 21.2. The summed E-state index contributed by atoms with van der Waals surface area (Å²) in [7, 11) is 0. The molecule has 0 unspecified atom stereocenters. The zero-order chi connectivity index (χ0) is 40.1. The van der Waals surface area contributed by atoms with E-state index >= 15 is 0 Å². The second-order valence-electron chi connectivity index (χ2n) is 18.9. The minimum atomic E-state index is -1.23. The van der Waals surface area contributed by atoms with E-state index in [4.69, 9.17) is 18.9 Å². The zero-order valence-electron chi connectivity index (χ0n) is 34.6. The van der Waals surface area contributed by atoms with Crippen molar-refractivity contribution in [3.63, 3.8) is 0 Å². The average molecular weight is 772 g/mol. The van der Waals surface area contributed by atoms with Crippen molar-refractivity contribution in [2.75, 3.05) is 0 Å². The number of hydrogen-bond donors (Lipinski definition) is 1. The van der Waals surface area contributed by atoms with Crippen molar-refractivity contribution < 1.29 is 38.1 Å². The van der Waals surface area contributed by atoms with Gasteiger partial charge in [0, 0.05) is 6.42 Å². The van der Waals surface area contributed by atoms with Gasteiger partial charge in [-0.25, -0.2) is 9.59 Å². The number of nitrogens with one attached hydrogen (secondary N) is 1. The van der Waals surface area contributed by atoms with Gasteiger partial charge in [0.05, 0.1) is 6.42 Å². The summed E-state index contributed by atoms with van der Waals surface area (Å²) < 4.78 is 22.6. The van der Waals surface area contributed by atoms with Gasteiger partial charge < -0.3 is 24.3 Å². The minimum absolute atomic E-state index is 0.0258. The van der Waals surface area contributed by atoms with E-state index in [1.165, 1.54) is 32.1 Å². The number of benzene rings is 2. The van der Waals surface area contributed by atoms with Gasteiger partial charge in [-0.3, -0.25) is 9.59 Å². The molecule has 2 aromatic rings. The summed E-state index contributed by atoms with van der Waals surface area (Å²) in [5, 5.41) is 2.56. The zero-order valence-corrected chi connectivity index (χ0v) is 34.6. The Morgan fingerprint density at radius 1 is 0.768 bits per heavy atom. The minimum Gasteiger partial charge on any atom is -0.462 e. The summed E-state index contributed by atoms with van der Waals surface area (Å²) in [6, 6.07) is 17.9. The molecule has 0 radical (unpaired) electrons. The first kappa shape index (κ1) is 41.7. The number of fused-ring (bicyclic) bond motifs is 5. The Balaban J connectivity index is 1.01. The van der Waals surface area contributed by atoms with E-state index in [0.717, 1.165) is 43.2 Å². The highest BCUT2D eigenvalue weighted by Gasteiger charge is 2.60. The van der Waals surface area contributed by atoms with Crippen molar-refractivity contribution in [1.29, 1.82) is 0 Å². The largest absolute Gasteiger partial charge is 0.462 e. The second-order valence-corrected chi connectivity index (χ2v) is 18.9. The highest BCUT2D eigenvalue weighted by Crippen LogP contribution is 2.68. The van der Waals surface area contributed by atoms with Gasteiger partial charge in [0.25, 0.3) is 0 Å². The van der Waals surface area contributed by atoms with Crippen LogP contribution in [0.4, 0.5) is 4.79 Å². The quantitative estimate of drug-likeness (QED) is 0.158. The number of rotatable bonds is 13. The number of carbonyl (C=O) groups is 4. The summed E-state index contributed by atoms with van der Waals surface area (Å²) in [4.78, 5) is 51.9. The summed E-state index contributed by atoms with van der Waals surface area (Å²) in [5.74, 6) is 2.34. The smallest absolute Gasteiger partial charge is 0.408 e. The van der Waals surface area contributed by atoms with Gasteiger partial charge >= 0.3 is 24.0 Å². The molecule has 10 atom stereocenters. The topological polar surface area (TPSA) is 117 Å². The van der Waals surface area contributed by atoms with Crippen LogP contribution in [0.1, 0.15) is 130 Å². The lowest BCUT2D eigenvalue weighted by Gasteiger charge is -2.61. The molecule has 4 aliphatic rings. The van der Waals surface area contributed by atoms with Crippen LogP contribution in [0.3, 0.4) is 0 Å². The molecular formula is C47H65NO8. The van der Waals surface area contributed by atoms with Gasteiger partial charge in [-0.1, -0.05) is 81.4 Å². The van der Waals surface area contributed by atoms with Crippen LogP contribution in [-0.4, -0.2) is 41.7 Å². The Morgan fingerprint density at radius 2 is 1.39 bits per heavy atom. The van der Waals surface area contributed by atoms with Crippen LogP contribution in [0.5, 0.6) is 0 Å². The molecule has 0 saturated heterocycles. The van der Waals surface area contributed by atoms with Crippen molar-refractivity contribution in [2.45, 2.75) is 150 Å². The summed E-state index contributed by atoms with van der Waals surface area (Å²) in [6.07, 6.45) is 10.0. The third kappa shape index (κ3) is 9.97. The van der Waals surface area contributed by atoms with Gasteiger partial charge in [0.15, 0.2) is 0 Å². The standard InChI is InChI=1S/C47H65NO8/c1-31(17-22-41(49)53-29-32-13-9-7-10-14-32)37-20-21-38-36-19-18-34-27-35(23-25-46(34,5)39(36)24-26-47(37,38)6)55-42(50)28-40(48-44(52)56-45(2,3)4)43(51)54-30-33-15-11-8-12-16-33/h7-16,31,34-40H,17-30H2,1-6H3,(H,48,52)/t31-,34-,35+,36+,37-,38+,39+,40+,46+,47-/m1/s1. The molecule has 4 aliphatic carbocycles. The molecule has 6 rings (SSSR count). The Bertz CT molecular complexity index is 1660. The molecule has 4 saturated carbocycles. The van der Waals surface area contributed by atoms with Crippen LogP contribution in [0.25, 0.3) is 0 Å². The number of carbonyl (C=O) groups excluding carboxylic acids is 4. The summed E-state index contributed by atoms with van der Waals surface area (Å²) in [6.45, 7) is 13.0. The lowest BCUT2D eigenvalue weighted by atomic mass is 9.44. The lowest BCUT2D eigenvalue weighted by Crippen LogP contribution is -2.54. The van der Waals surface area contributed by atoms with Crippen LogP contribution in [-0.2, 0) is 46.5 Å². The number of esters is 3. The van der Waals surface area contributed by atoms with Crippen molar-refractivity contribution in [3.05, 3.63) is 71.8 Å². The fourth-order valence-corrected chi connectivity index (χ4v) is 11.5. The van der Waals surface area contributed by atoms with Crippen LogP contribution >= 0.6 is 0 Å². The molecule has 0 aliphatic heterocycles. The fourth-order valence-electron chi connectivity index (χ4n) is 11.5. The summed E-state index contributed by atoms with van der Waals surface area (Å²) >= 11 is 0. The van der Waals surface area contributed by atoms with E-state index in [1.807, 2.05) is 60.7 Å². The van der Waals surface area contributed by atoms with E-state index in [2.05, 4.69) is 26.1 Å². The molecule has 9 nitrogen and oxygen atoms in total. The molecule has 306 valence electrons. The molecule has 1 amide bonds. The van der Waals surface area contributed by atoms with Gasteiger partial charge in [0.2, 0.25) is 0 Å². The first-order valence-corrected chi connectivity index (χ1v) is 21.2. The van der Waals surface area contributed by atoms with Crippen LogP contribution in [0, 0.1) is 46.3 Å².